The van der Waals surface area contributed by atoms with Crippen molar-refractivity contribution in [3.05, 3.63) is 30.1 Å². The van der Waals surface area contributed by atoms with Gasteiger partial charge in [-0.1, -0.05) is 0 Å². The maximum atomic E-state index is 4.31. The van der Waals surface area contributed by atoms with Gasteiger partial charge in [0.1, 0.15) is 0 Å². The largest absolute Gasteiger partial charge is 0.296 e. The molecule has 0 saturated carbocycles. The highest BCUT2D eigenvalue weighted by atomic mass is 15.2. The van der Waals surface area contributed by atoms with Gasteiger partial charge in [-0.15, -0.1) is 0 Å². The summed E-state index contributed by atoms with van der Waals surface area (Å²) >= 11 is 0. The maximum Gasteiger partial charge on any atom is 0.0271 e. The minimum Gasteiger partial charge on any atom is -0.296 e. The molecule has 3 nitrogen and oxygen atoms in total. The monoisotopic (exact) mass is 176 g/mol. The van der Waals surface area contributed by atoms with Gasteiger partial charge in [0.2, 0.25) is 0 Å². The third kappa shape index (κ3) is 2.50. The van der Waals surface area contributed by atoms with Crippen LogP contribution in [0.3, 0.4) is 0 Å². The van der Waals surface area contributed by atoms with Gasteiger partial charge < -0.3 is 0 Å². The molecule has 1 aromatic rings. The van der Waals surface area contributed by atoms with Crippen molar-refractivity contribution in [2.75, 3.05) is 26.2 Å². The Labute approximate surface area is 78.8 Å². The second-order valence-electron chi connectivity index (χ2n) is 3.30. The second kappa shape index (κ2) is 4.35. The van der Waals surface area contributed by atoms with E-state index in [1.54, 1.807) is 0 Å². The molecule has 2 heterocycles. The number of piperazine rings is 1. The van der Waals surface area contributed by atoms with Crippen molar-refractivity contribution in [3.63, 3.8) is 0 Å². The fourth-order valence-corrected chi connectivity index (χ4v) is 1.55. The Bertz CT molecular complexity index is 242. The van der Waals surface area contributed by atoms with Crippen LogP contribution < -0.4 is 5.32 Å². The van der Waals surface area contributed by atoms with E-state index < -0.39 is 0 Å². The maximum absolute atomic E-state index is 4.31. The lowest BCUT2D eigenvalue weighted by atomic mass is 10.2. The van der Waals surface area contributed by atoms with Crippen LogP contribution in [0.1, 0.15) is 5.56 Å². The van der Waals surface area contributed by atoms with Crippen LogP contribution in [0.25, 0.3) is 0 Å². The lowest BCUT2D eigenvalue weighted by molar-refractivity contribution is 0.231. The lowest BCUT2D eigenvalue weighted by Crippen LogP contribution is -2.39. The number of hydrogen-bond acceptors (Lipinski definition) is 2. The number of pyridine rings is 1. The second-order valence-corrected chi connectivity index (χ2v) is 3.30. The Kier molecular flexibility index (Phi) is 2.90. The van der Waals surface area contributed by atoms with Gasteiger partial charge in [-0.3, -0.25) is 9.88 Å². The SMILES string of the molecule is c1cc(CN2CC[N]CC2)ccn1. The van der Waals surface area contributed by atoms with Gasteiger partial charge in [0.15, 0.2) is 0 Å². The molecule has 0 aromatic carbocycles. The molecule has 0 spiro atoms. The van der Waals surface area contributed by atoms with Crippen LogP contribution in [-0.4, -0.2) is 36.1 Å². The molecule has 13 heavy (non-hydrogen) atoms. The molecule has 1 aromatic heterocycles. The summed E-state index contributed by atoms with van der Waals surface area (Å²) in [5.41, 5.74) is 1.34. The minimum atomic E-state index is 0.991. The predicted octanol–water partition coefficient (Wildman–Crippen LogP) is 0.502. The summed E-state index contributed by atoms with van der Waals surface area (Å²) in [5.74, 6) is 0. The van der Waals surface area contributed by atoms with Gasteiger partial charge in [-0.05, 0) is 17.7 Å². The van der Waals surface area contributed by atoms with Crippen molar-refractivity contribution in [2.45, 2.75) is 6.54 Å². The predicted molar refractivity (Wildman–Crippen MR) is 51.4 cm³/mol. The average molecular weight is 176 g/mol. The molecule has 1 saturated heterocycles. The zero-order chi connectivity index (χ0) is 8.93. The summed E-state index contributed by atoms with van der Waals surface area (Å²) < 4.78 is 0. The van der Waals surface area contributed by atoms with E-state index in [0.717, 1.165) is 32.7 Å². The number of hydrogen-bond donors (Lipinski definition) is 0. The highest BCUT2D eigenvalue weighted by Crippen LogP contribution is 2.03. The smallest absolute Gasteiger partial charge is 0.0271 e. The molecule has 69 valence electrons. The molecular formula is C10H14N3. The quantitative estimate of drug-likeness (QED) is 0.657. The normalized spacial score (nSPS) is 18.8. The van der Waals surface area contributed by atoms with Crippen molar-refractivity contribution in [3.8, 4) is 0 Å². The highest BCUT2D eigenvalue weighted by Gasteiger charge is 2.09. The Morgan fingerprint density at radius 2 is 1.85 bits per heavy atom. The summed E-state index contributed by atoms with van der Waals surface area (Å²) in [7, 11) is 0. The van der Waals surface area contributed by atoms with Crippen molar-refractivity contribution < 1.29 is 0 Å². The van der Waals surface area contributed by atoms with E-state index in [9.17, 15) is 0 Å². The van der Waals surface area contributed by atoms with E-state index in [4.69, 9.17) is 0 Å². The summed E-state index contributed by atoms with van der Waals surface area (Å²) in [4.78, 5) is 6.43. The van der Waals surface area contributed by atoms with Crippen molar-refractivity contribution >= 4 is 0 Å². The van der Waals surface area contributed by atoms with Crippen molar-refractivity contribution in [1.82, 2.24) is 15.2 Å². The van der Waals surface area contributed by atoms with Gasteiger partial charge >= 0.3 is 0 Å². The fourth-order valence-electron chi connectivity index (χ4n) is 1.55. The Morgan fingerprint density at radius 3 is 2.54 bits per heavy atom. The molecule has 3 heteroatoms. The molecule has 0 N–H and O–H groups in total. The zero-order valence-electron chi connectivity index (χ0n) is 7.69. The first-order valence-electron chi connectivity index (χ1n) is 4.70. The van der Waals surface area contributed by atoms with Gasteiger partial charge in [0.25, 0.3) is 0 Å². The molecule has 0 amide bonds. The summed E-state index contributed by atoms with van der Waals surface area (Å²) in [6.45, 7) is 5.22. The first-order chi connectivity index (χ1) is 6.45. The third-order valence-corrected chi connectivity index (χ3v) is 2.30. The number of aromatic nitrogens is 1. The Morgan fingerprint density at radius 1 is 1.15 bits per heavy atom. The van der Waals surface area contributed by atoms with E-state index >= 15 is 0 Å². The van der Waals surface area contributed by atoms with Crippen molar-refractivity contribution in [2.24, 2.45) is 0 Å². The molecule has 1 radical (unpaired) electrons. The lowest BCUT2D eigenvalue weighted by Gasteiger charge is -2.26. The third-order valence-electron chi connectivity index (χ3n) is 2.30. The first-order valence-corrected chi connectivity index (χ1v) is 4.70. The highest BCUT2D eigenvalue weighted by molar-refractivity contribution is 5.09. The number of rotatable bonds is 2. The van der Waals surface area contributed by atoms with Crippen LogP contribution in [0.2, 0.25) is 0 Å². The van der Waals surface area contributed by atoms with E-state index in [0.29, 0.717) is 0 Å². The Balaban J connectivity index is 1.90. The first kappa shape index (κ1) is 8.66. The molecule has 0 aliphatic carbocycles. The molecule has 1 aliphatic rings. The molecule has 0 atom stereocenters. The van der Waals surface area contributed by atoms with Crippen molar-refractivity contribution in [1.29, 1.82) is 0 Å². The van der Waals surface area contributed by atoms with E-state index in [1.165, 1.54) is 5.56 Å². The van der Waals surface area contributed by atoms with E-state index in [2.05, 4.69) is 27.3 Å². The summed E-state index contributed by atoms with van der Waals surface area (Å²) in [6, 6.07) is 4.15. The topological polar surface area (TPSA) is 30.2 Å². The van der Waals surface area contributed by atoms with Crippen LogP contribution in [0, 0.1) is 0 Å². The summed E-state index contributed by atoms with van der Waals surface area (Å²) in [6.07, 6.45) is 3.70. The number of nitrogens with zero attached hydrogens (tertiary/aromatic N) is 3. The molecule has 0 bridgehead atoms. The molecular weight excluding hydrogens is 162 g/mol. The van der Waals surface area contributed by atoms with Crippen LogP contribution in [0.5, 0.6) is 0 Å². The summed E-state index contributed by atoms with van der Waals surface area (Å²) in [5, 5.41) is 4.31. The Hall–Kier alpha value is -0.930. The fraction of sp³-hybridized carbons (Fsp3) is 0.500. The minimum absolute atomic E-state index is 0.991. The molecule has 1 fully saturated rings. The van der Waals surface area contributed by atoms with Crippen LogP contribution >= 0.6 is 0 Å². The molecule has 0 unspecified atom stereocenters. The van der Waals surface area contributed by atoms with Gasteiger partial charge in [0.05, 0.1) is 0 Å². The van der Waals surface area contributed by atoms with Gasteiger partial charge in [0, 0.05) is 45.1 Å². The van der Waals surface area contributed by atoms with E-state index in [1.807, 2.05) is 12.4 Å². The average Bonchev–Trinajstić information content (AvgIpc) is 2.21. The van der Waals surface area contributed by atoms with Crippen LogP contribution in [0.15, 0.2) is 24.5 Å². The van der Waals surface area contributed by atoms with Gasteiger partial charge in [-0.25, -0.2) is 5.32 Å². The van der Waals surface area contributed by atoms with E-state index in [-0.39, 0.29) is 0 Å². The molecule has 2 rings (SSSR count). The van der Waals surface area contributed by atoms with Gasteiger partial charge in [-0.2, -0.15) is 0 Å². The molecule has 1 aliphatic heterocycles. The van der Waals surface area contributed by atoms with Crippen LogP contribution in [0.4, 0.5) is 0 Å². The standard InChI is InChI=1S/C10H14N3/c1-3-11-4-2-10(1)9-13-7-5-12-6-8-13/h1-4H,5-9H2. The van der Waals surface area contributed by atoms with Crippen LogP contribution in [-0.2, 0) is 6.54 Å². The zero-order valence-corrected chi connectivity index (χ0v) is 7.69.